The van der Waals surface area contributed by atoms with E-state index in [9.17, 15) is 13.2 Å². The van der Waals surface area contributed by atoms with Gasteiger partial charge in [0, 0.05) is 38.4 Å². The fraction of sp³-hybridized carbons (Fsp3) is 0.667. The molecular weight excluding hydrogens is 366 g/mol. The SMILES string of the molecule is CCNc1nc(CCCCN)ccc1C(=O)NCCN1CCS(=O)(=O)CC1. The highest BCUT2D eigenvalue weighted by atomic mass is 32.2. The molecule has 152 valence electrons. The molecule has 0 radical (unpaired) electrons. The Hall–Kier alpha value is -1.71. The van der Waals surface area contributed by atoms with Crippen LogP contribution in [0.2, 0.25) is 0 Å². The number of carbonyl (C=O) groups is 1. The molecule has 1 fully saturated rings. The van der Waals surface area contributed by atoms with Crippen LogP contribution in [0.4, 0.5) is 5.82 Å². The zero-order chi connectivity index (χ0) is 19.7. The Morgan fingerprint density at radius 3 is 2.67 bits per heavy atom. The molecule has 0 atom stereocenters. The molecule has 9 heteroatoms. The van der Waals surface area contributed by atoms with Crippen molar-refractivity contribution >= 4 is 21.6 Å². The van der Waals surface area contributed by atoms with Crippen molar-refractivity contribution in [2.75, 3.05) is 56.1 Å². The average Bonchev–Trinajstić information content (AvgIpc) is 2.64. The van der Waals surface area contributed by atoms with Crippen molar-refractivity contribution in [3.05, 3.63) is 23.4 Å². The van der Waals surface area contributed by atoms with Crippen molar-refractivity contribution in [1.29, 1.82) is 0 Å². The summed E-state index contributed by atoms with van der Waals surface area (Å²) in [5, 5.41) is 6.07. The summed E-state index contributed by atoms with van der Waals surface area (Å²) in [6.07, 6.45) is 2.78. The first-order valence-electron chi connectivity index (χ1n) is 9.60. The monoisotopic (exact) mass is 397 g/mol. The van der Waals surface area contributed by atoms with Crippen molar-refractivity contribution in [2.24, 2.45) is 5.73 Å². The van der Waals surface area contributed by atoms with Crippen LogP contribution >= 0.6 is 0 Å². The summed E-state index contributed by atoms with van der Waals surface area (Å²) in [6.45, 7) is 5.49. The Morgan fingerprint density at radius 2 is 2.00 bits per heavy atom. The van der Waals surface area contributed by atoms with Crippen LogP contribution in [0.1, 0.15) is 35.8 Å². The van der Waals surface area contributed by atoms with Gasteiger partial charge in [0.1, 0.15) is 5.82 Å². The van der Waals surface area contributed by atoms with E-state index in [1.165, 1.54) is 0 Å². The number of aryl methyl sites for hydroxylation is 1. The summed E-state index contributed by atoms with van der Waals surface area (Å²) in [5.41, 5.74) is 7.01. The maximum Gasteiger partial charge on any atom is 0.255 e. The predicted molar refractivity (Wildman–Crippen MR) is 108 cm³/mol. The van der Waals surface area contributed by atoms with Gasteiger partial charge in [-0.1, -0.05) is 0 Å². The number of anilines is 1. The second-order valence-electron chi connectivity index (χ2n) is 6.72. The molecule has 0 spiro atoms. The summed E-state index contributed by atoms with van der Waals surface area (Å²) in [6, 6.07) is 3.70. The van der Waals surface area contributed by atoms with Crippen LogP contribution in [-0.2, 0) is 16.3 Å². The molecule has 0 unspecified atom stereocenters. The van der Waals surface area contributed by atoms with Gasteiger partial charge in [-0.05, 0) is 44.9 Å². The Morgan fingerprint density at radius 1 is 1.26 bits per heavy atom. The lowest BCUT2D eigenvalue weighted by molar-refractivity contribution is 0.0949. The smallest absolute Gasteiger partial charge is 0.255 e. The Balaban J connectivity index is 1.88. The first-order valence-corrected chi connectivity index (χ1v) is 11.4. The fourth-order valence-corrected chi connectivity index (χ4v) is 4.25. The van der Waals surface area contributed by atoms with Gasteiger partial charge in [-0.15, -0.1) is 0 Å². The number of nitrogens with zero attached hydrogens (tertiary/aromatic N) is 2. The standard InChI is InChI=1S/C18H31N5O3S/c1-2-20-17-16(7-6-15(22-17)5-3-4-8-19)18(24)21-9-10-23-11-13-27(25,26)14-12-23/h6-7H,2-5,8-14,19H2,1H3,(H,20,22)(H,21,24). The number of hydrogen-bond acceptors (Lipinski definition) is 7. The van der Waals surface area contributed by atoms with E-state index in [1.54, 1.807) is 0 Å². The third kappa shape index (κ3) is 7.08. The van der Waals surface area contributed by atoms with E-state index < -0.39 is 9.84 Å². The number of amides is 1. The van der Waals surface area contributed by atoms with Gasteiger partial charge >= 0.3 is 0 Å². The highest BCUT2D eigenvalue weighted by molar-refractivity contribution is 7.91. The van der Waals surface area contributed by atoms with Crippen molar-refractivity contribution in [1.82, 2.24) is 15.2 Å². The minimum Gasteiger partial charge on any atom is -0.370 e. The number of hydrogen-bond donors (Lipinski definition) is 3. The second kappa shape index (κ2) is 10.6. The van der Waals surface area contributed by atoms with Crippen LogP contribution in [0, 0.1) is 0 Å². The molecule has 0 aromatic carbocycles. The number of nitrogens with two attached hydrogens (primary N) is 1. The van der Waals surface area contributed by atoms with Crippen LogP contribution in [0.15, 0.2) is 12.1 Å². The highest BCUT2D eigenvalue weighted by Crippen LogP contribution is 2.15. The number of sulfone groups is 1. The van der Waals surface area contributed by atoms with Crippen LogP contribution < -0.4 is 16.4 Å². The van der Waals surface area contributed by atoms with Crippen molar-refractivity contribution < 1.29 is 13.2 Å². The van der Waals surface area contributed by atoms with Crippen LogP contribution in [0.25, 0.3) is 0 Å². The normalized spacial score (nSPS) is 16.8. The van der Waals surface area contributed by atoms with Gasteiger partial charge < -0.3 is 16.4 Å². The van der Waals surface area contributed by atoms with Gasteiger partial charge in [-0.2, -0.15) is 0 Å². The summed E-state index contributed by atoms with van der Waals surface area (Å²) < 4.78 is 22.9. The summed E-state index contributed by atoms with van der Waals surface area (Å²) >= 11 is 0. The third-order valence-electron chi connectivity index (χ3n) is 4.58. The van der Waals surface area contributed by atoms with Gasteiger partial charge in [-0.3, -0.25) is 9.69 Å². The minimum absolute atomic E-state index is 0.170. The maximum atomic E-state index is 12.5. The van der Waals surface area contributed by atoms with E-state index in [2.05, 4.69) is 20.5 Å². The first kappa shape index (κ1) is 21.6. The average molecular weight is 398 g/mol. The van der Waals surface area contributed by atoms with Crippen molar-refractivity contribution in [2.45, 2.75) is 26.2 Å². The number of aromatic nitrogens is 1. The molecule has 1 aliphatic heterocycles. The Bertz CT molecular complexity index is 710. The van der Waals surface area contributed by atoms with E-state index in [1.807, 2.05) is 19.1 Å². The lowest BCUT2D eigenvalue weighted by Crippen LogP contribution is -2.43. The molecule has 2 heterocycles. The zero-order valence-corrected chi connectivity index (χ0v) is 16.9. The molecule has 2 rings (SSSR count). The summed E-state index contributed by atoms with van der Waals surface area (Å²) in [5.74, 6) is 0.822. The van der Waals surface area contributed by atoms with Gasteiger partial charge in [0.05, 0.1) is 17.1 Å². The molecule has 27 heavy (non-hydrogen) atoms. The van der Waals surface area contributed by atoms with Crippen molar-refractivity contribution in [3.8, 4) is 0 Å². The molecule has 1 aromatic rings. The second-order valence-corrected chi connectivity index (χ2v) is 9.03. The zero-order valence-electron chi connectivity index (χ0n) is 16.0. The molecule has 1 aromatic heterocycles. The number of pyridine rings is 1. The van der Waals surface area contributed by atoms with Gasteiger partial charge in [0.15, 0.2) is 9.84 Å². The largest absolute Gasteiger partial charge is 0.370 e. The quantitative estimate of drug-likeness (QED) is 0.485. The van der Waals surface area contributed by atoms with Gasteiger partial charge in [-0.25, -0.2) is 13.4 Å². The van der Waals surface area contributed by atoms with Crippen LogP contribution in [-0.4, -0.2) is 75.0 Å². The van der Waals surface area contributed by atoms with Crippen molar-refractivity contribution in [3.63, 3.8) is 0 Å². The third-order valence-corrected chi connectivity index (χ3v) is 6.19. The van der Waals surface area contributed by atoms with E-state index in [4.69, 9.17) is 5.73 Å². The maximum absolute atomic E-state index is 12.5. The molecule has 4 N–H and O–H groups in total. The molecule has 1 saturated heterocycles. The van der Waals surface area contributed by atoms with Gasteiger partial charge in [0.2, 0.25) is 0 Å². The number of rotatable bonds is 10. The minimum atomic E-state index is -2.88. The molecule has 8 nitrogen and oxygen atoms in total. The Labute approximate surface area is 161 Å². The topological polar surface area (TPSA) is 117 Å². The van der Waals surface area contributed by atoms with E-state index >= 15 is 0 Å². The number of carbonyl (C=O) groups excluding carboxylic acids is 1. The lowest BCUT2D eigenvalue weighted by atomic mass is 10.1. The van der Waals surface area contributed by atoms with E-state index in [0.717, 1.165) is 25.0 Å². The highest BCUT2D eigenvalue weighted by Gasteiger charge is 2.21. The van der Waals surface area contributed by atoms with E-state index in [0.29, 0.717) is 50.6 Å². The molecule has 0 saturated carbocycles. The van der Waals surface area contributed by atoms with Gasteiger partial charge in [0.25, 0.3) is 5.91 Å². The summed E-state index contributed by atoms with van der Waals surface area (Å²) in [7, 11) is -2.88. The van der Waals surface area contributed by atoms with Crippen LogP contribution in [0.5, 0.6) is 0 Å². The Kier molecular flexibility index (Phi) is 8.46. The van der Waals surface area contributed by atoms with E-state index in [-0.39, 0.29) is 17.4 Å². The molecule has 1 amide bonds. The fourth-order valence-electron chi connectivity index (χ4n) is 2.97. The molecule has 0 aliphatic carbocycles. The lowest BCUT2D eigenvalue weighted by Gasteiger charge is -2.26. The molecular formula is C18H31N5O3S. The summed E-state index contributed by atoms with van der Waals surface area (Å²) in [4.78, 5) is 19.2. The van der Waals surface area contributed by atoms with Crippen LogP contribution in [0.3, 0.4) is 0 Å². The first-order chi connectivity index (χ1) is 12.9. The number of nitrogens with one attached hydrogen (secondary N) is 2. The number of unbranched alkanes of at least 4 members (excludes halogenated alkanes) is 1. The molecule has 0 bridgehead atoms. The predicted octanol–water partition coefficient (Wildman–Crippen LogP) is 0.255. The molecule has 1 aliphatic rings.